The molecule has 0 bridgehead atoms. The van der Waals surface area contributed by atoms with Gasteiger partial charge in [0.25, 0.3) is 0 Å². The largest absolute Gasteiger partial charge is 0.352 e. The summed E-state index contributed by atoms with van der Waals surface area (Å²) >= 11 is 0. The molecule has 17 heavy (non-hydrogen) atoms. The Balaban J connectivity index is 4.71. The van der Waals surface area contributed by atoms with Crippen molar-refractivity contribution in [3.8, 4) is 6.07 Å². The first kappa shape index (κ1) is 17.1. The first-order chi connectivity index (χ1) is 7.47. The van der Waals surface area contributed by atoms with E-state index in [2.05, 4.69) is 6.07 Å². The molecule has 0 aliphatic carbocycles. The SMILES string of the molecule is C[Si](C)(C)OP(=O)(CCCC#N)O[Si](C)(C)C. The summed E-state index contributed by atoms with van der Waals surface area (Å²) in [6.07, 6.45) is 1.33. The smallest absolute Gasteiger partial charge is 0.311 e. The van der Waals surface area contributed by atoms with Gasteiger partial charge in [-0.15, -0.1) is 0 Å². The Morgan fingerprint density at radius 2 is 1.47 bits per heavy atom. The zero-order chi connectivity index (χ0) is 13.7. The molecular weight excluding hydrogens is 269 g/mol. The summed E-state index contributed by atoms with van der Waals surface area (Å²) in [7, 11) is -6.82. The molecule has 0 rings (SSSR count). The summed E-state index contributed by atoms with van der Waals surface area (Å²) in [6, 6.07) is 2.06. The van der Waals surface area contributed by atoms with Crippen molar-refractivity contribution in [1.82, 2.24) is 0 Å². The zero-order valence-electron chi connectivity index (χ0n) is 11.7. The summed E-state index contributed by atoms with van der Waals surface area (Å²) in [6.45, 7) is 12.0. The van der Waals surface area contributed by atoms with Gasteiger partial charge in [0, 0.05) is 12.6 Å². The van der Waals surface area contributed by atoms with Crippen LogP contribution in [0, 0.1) is 11.3 Å². The molecule has 0 amide bonds. The van der Waals surface area contributed by atoms with Crippen LogP contribution in [0.4, 0.5) is 0 Å². The van der Waals surface area contributed by atoms with Gasteiger partial charge in [-0.25, -0.2) is 0 Å². The number of rotatable bonds is 7. The highest BCUT2D eigenvalue weighted by Crippen LogP contribution is 2.53. The quantitative estimate of drug-likeness (QED) is 0.401. The van der Waals surface area contributed by atoms with Crippen LogP contribution in [0.25, 0.3) is 0 Å². The van der Waals surface area contributed by atoms with Crippen molar-refractivity contribution < 1.29 is 13.0 Å². The van der Waals surface area contributed by atoms with Crippen LogP contribution in [0.1, 0.15) is 12.8 Å². The minimum atomic E-state index is -3.02. The summed E-state index contributed by atoms with van der Waals surface area (Å²) in [4.78, 5) is 0. The summed E-state index contributed by atoms with van der Waals surface area (Å²) in [5.74, 6) is 0. The van der Waals surface area contributed by atoms with E-state index in [4.69, 9.17) is 13.7 Å². The van der Waals surface area contributed by atoms with Crippen LogP contribution in [0.2, 0.25) is 39.3 Å². The average molecular weight is 293 g/mol. The Kier molecular flexibility index (Phi) is 6.33. The van der Waals surface area contributed by atoms with Crippen LogP contribution in [-0.4, -0.2) is 22.8 Å². The number of nitriles is 1. The molecule has 0 fully saturated rings. The van der Waals surface area contributed by atoms with Crippen molar-refractivity contribution in [2.75, 3.05) is 6.16 Å². The Morgan fingerprint density at radius 3 is 1.76 bits per heavy atom. The lowest BCUT2D eigenvalue weighted by atomic mass is 10.4. The van der Waals surface area contributed by atoms with Gasteiger partial charge < -0.3 is 8.43 Å². The van der Waals surface area contributed by atoms with E-state index in [0.717, 1.165) is 0 Å². The Hall–Kier alpha value is 0.0738. The van der Waals surface area contributed by atoms with Crippen LogP contribution < -0.4 is 0 Å². The van der Waals surface area contributed by atoms with E-state index in [0.29, 0.717) is 19.0 Å². The van der Waals surface area contributed by atoms with Crippen molar-refractivity contribution in [2.24, 2.45) is 0 Å². The molecule has 0 atom stereocenters. The van der Waals surface area contributed by atoms with E-state index < -0.39 is 24.2 Å². The zero-order valence-corrected chi connectivity index (χ0v) is 14.6. The second-order valence-electron chi connectivity index (χ2n) is 6.00. The fourth-order valence-corrected chi connectivity index (χ4v) is 9.73. The third-order valence-corrected chi connectivity index (χ3v) is 9.02. The molecule has 4 nitrogen and oxygen atoms in total. The summed E-state index contributed by atoms with van der Waals surface area (Å²) < 4.78 is 24.1. The van der Waals surface area contributed by atoms with Gasteiger partial charge in [0.2, 0.25) is 0 Å². The van der Waals surface area contributed by atoms with Gasteiger partial charge in [-0.1, -0.05) is 0 Å². The molecule has 0 saturated carbocycles. The van der Waals surface area contributed by atoms with Gasteiger partial charge in [0.1, 0.15) is 0 Å². The van der Waals surface area contributed by atoms with Gasteiger partial charge in [0.05, 0.1) is 6.07 Å². The number of hydrogen-bond donors (Lipinski definition) is 0. The normalized spacial score (nSPS) is 13.5. The van der Waals surface area contributed by atoms with Crippen molar-refractivity contribution in [3.05, 3.63) is 0 Å². The molecule has 0 aliphatic rings. The fourth-order valence-electron chi connectivity index (χ4n) is 1.30. The Labute approximate surface area is 107 Å². The molecule has 100 valence electrons. The van der Waals surface area contributed by atoms with E-state index in [9.17, 15) is 4.57 Å². The maximum atomic E-state index is 12.6. The molecule has 0 spiro atoms. The molecule has 0 aliphatic heterocycles. The van der Waals surface area contributed by atoms with Gasteiger partial charge in [-0.05, 0) is 45.7 Å². The first-order valence-corrected chi connectivity index (χ1v) is 14.4. The second kappa shape index (κ2) is 6.30. The minimum Gasteiger partial charge on any atom is -0.352 e. The maximum absolute atomic E-state index is 12.6. The fraction of sp³-hybridized carbons (Fsp3) is 0.900. The lowest BCUT2D eigenvalue weighted by Gasteiger charge is -2.30. The van der Waals surface area contributed by atoms with Crippen molar-refractivity contribution in [2.45, 2.75) is 52.1 Å². The molecule has 0 radical (unpaired) electrons. The van der Waals surface area contributed by atoms with Crippen LogP contribution in [0.5, 0.6) is 0 Å². The minimum absolute atomic E-state index is 0.356. The molecular formula is C10H24NO3PSi2. The van der Waals surface area contributed by atoms with E-state index in [1.54, 1.807) is 0 Å². The van der Waals surface area contributed by atoms with Crippen molar-refractivity contribution in [1.29, 1.82) is 5.26 Å². The third kappa shape index (κ3) is 9.75. The predicted octanol–water partition coefficient (Wildman–Crippen LogP) is 4.19. The standard InChI is InChI=1S/C10H24NO3PSi2/c1-16(2,3)13-15(12,10-8-7-9-11)14-17(4,5)6/h7-8,10H2,1-6H3. The number of hydrogen-bond acceptors (Lipinski definition) is 4. The van der Waals surface area contributed by atoms with Crippen molar-refractivity contribution in [3.63, 3.8) is 0 Å². The topological polar surface area (TPSA) is 59.3 Å². The van der Waals surface area contributed by atoms with Gasteiger partial charge in [-0.3, -0.25) is 4.57 Å². The highest BCUT2D eigenvalue weighted by atomic mass is 31.2. The molecule has 0 aromatic carbocycles. The van der Waals surface area contributed by atoms with E-state index in [-0.39, 0.29) is 0 Å². The lowest BCUT2D eigenvalue weighted by Crippen LogP contribution is -2.30. The van der Waals surface area contributed by atoms with Crippen LogP contribution in [0.3, 0.4) is 0 Å². The first-order valence-electron chi connectivity index (χ1n) is 5.85. The second-order valence-corrected chi connectivity index (χ2v) is 17.6. The van der Waals surface area contributed by atoms with E-state index in [1.165, 1.54) is 0 Å². The number of unbranched alkanes of at least 4 members (excludes halogenated alkanes) is 1. The van der Waals surface area contributed by atoms with Crippen molar-refractivity contribution >= 4 is 24.2 Å². The van der Waals surface area contributed by atoms with Crippen LogP contribution in [-0.2, 0) is 13.0 Å². The number of nitrogens with zero attached hydrogens (tertiary/aromatic N) is 1. The van der Waals surface area contributed by atoms with E-state index in [1.807, 2.05) is 39.3 Å². The van der Waals surface area contributed by atoms with E-state index >= 15 is 0 Å². The molecule has 0 heterocycles. The van der Waals surface area contributed by atoms with Gasteiger partial charge in [0.15, 0.2) is 16.6 Å². The third-order valence-electron chi connectivity index (χ3n) is 1.55. The molecule has 0 N–H and O–H groups in total. The Morgan fingerprint density at radius 1 is 1.06 bits per heavy atom. The average Bonchev–Trinajstić information content (AvgIpc) is 1.96. The van der Waals surface area contributed by atoms with Crippen LogP contribution >= 0.6 is 7.60 Å². The highest BCUT2D eigenvalue weighted by molar-refractivity contribution is 7.57. The van der Waals surface area contributed by atoms with Gasteiger partial charge in [-0.2, -0.15) is 5.26 Å². The maximum Gasteiger partial charge on any atom is 0.311 e. The molecule has 0 unspecified atom stereocenters. The molecule has 0 saturated heterocycles. The molecule has 0 aromatic heterocycles. The predicted molar refractivity (Wildman–Crippen MR) is 76.2 cm³/mol. The summed E-state index contributed by atoms with van der Waals surface area (Å²) in [5, 5.41) is 8.52. The monoisotopic (exact) mass is 293 g/mol. The summed E-state index contributed by atoms with van der Waals surface area (Å²) in [5.41, 5.74) is 0. The van der Waals surface area contributed by atoms with Gasteiger partial charge >= 0.3 is 7.60 Å². The lowest BCUT2D eigenvalue weighted by molar-refractivity contribution is 0.382. The molecule has 0 aromatic rings. The van der Waals surface area contributed by atoms with Crippen LogP contribution in [0.15, 0.2) is 0 Å². The highest BCUT2D eigenvalue weighted by Gasteiger charge is 2.35. The Bertz CT molecular complexity index is 308. The molecule has 7 heteroatoms.